The fraction of sp³-hybridized carbons (Fsp3) is 0.684. The lowest BCUT2D eigenvalue weighted by atomic mass is 9.87. The molecule has 1 aliphatic heterocycles. The number of carbonyl (C=O) groups excluding carboxylic acids is 2. The molecule has 0 radical (unpaired) electrons. The van der Waals surface area contributed by atoms with E-state index in [4.69, 9.17) is 0 Å². The van der Waals surface area contributed by atoms with Crippen LogP contribution in [0.25, 0.3) is 0 Å². The maximum atomic E-state index is 12.3. The van der Waals surface area contributed by atoms with Gasteiger partial charge in [0.05, 0.1) is 6.54 Å². The van der Waals surface area contributed by atoms with Crippen LogP contribution in [0.4, 0.5) is 5.82 Å². The Bertz CT molecular complexity index is 634. The predicted octanol–water partition coefficient (Wildman–Crippen LogP) is 0.653. The van der Waals surface area contributed by atoms with Gasteiger partial charge in [0, 0.05) is 39.3 Å². The van der Waals surface area contributed by atoms with E-state index in [0.29, 0.717) is 18.3 Å². The fourth-order valence-corrected chi connectivity index (χ4v) is 3.76. The maximum Gasteiger partial charge on any atom is 0.271 e. The third-order valence-electron chi connectivity index (χ3n) is 5.55. The summed E-state index contributed by atoms with van der Waals surface area (Å²) >= 11 is 0. The Kier molecular flexibility index (Phi) is 6.60. The number of piperazine rings is 1. The minimum absolute atomic E-state index is 0.137. The Labute approximate surface area is 160 Å². The minimum atomic E-state index is -0.239. The fourth-order valence-electron chi connectivity index (χ4n) is 3.76. The molecular weight excluding hydrogens is 344 g/mol. The Morgan fingerprint density at radius 3 is 2.37 bits per heavy atom. The quantitative estimate of drug-likeness (QED) is 0.787. The van der Waals surface area contributed by atoms with E-state index in [1.54, 1.807) is 13.1 Å². The molecule has 1 aromatic heterocycles. The van der Waals surface area contributed by atoms with Crippen LogP contribution < -0.4 is 15.5 Å². The highest BCUT2D eigenvalue weighted by molar-refractivity contribution is 5.91. The van der Waals surface area contributed by atoms with Crippen molar-refractivity contribution in [2.75, 3.05) is 44.7 Å². The standard InChI is InChI=1S/C19H30N6O2/c1-14-3-5-15(6-4-14)21-18(26)13-24-9-11-25(12-10-24)17-8-7-16(22-23-17)19(27)20-2/h7-8,14-15H,3-6,9-13H2,1-2H3,(H,20,27)(H,21,26). The van der Waals surface area contributed by atoms with Gasteiger partial charge in [0.1, 0.15) is 0 Å². The Balaban J connectivity index is 1.42. The van der Waals surface area contributed by atoms with Gasteiger partial charge in [0.2, 0.25) is 5.91 Å². The third-order valence-corrected chi connectivity index (χ3v) is 5.55. The molecular formula is C19H30N6O2. The lowest BCUT2D eigenvalue weighted by Gasteiger charge is -2.35. The number of carbonyl (C=O) groups is 2. The molecule has 2 N–H and O–H groups in total. The van der Waals surface area contributed by atoms with Crippen molar-refractivity contribution in [3.8, 4) is 0 Å². The van der Waals surface area contributed by atoms with Gasteiger partial charge >= 0.3 is 0 Å². The predicted molar refractivity (Wildman–Crippen MR) is 104 cm³/mol. The zero-order valence-corrected chi connectivity index (χ0v) is 16.3. The van der Waals surface area contributed by atoms with Gasteiger partial charge in [0.15, 0.2) is 11.5 Å². The maximum absolute atomic E-state index is 12.3. The molecule has 2 amide bonds. The minimum Gasteiger partial charge on any atom is -0.354 e. The Morgan fingerprint density at radius 2 is 1.78 bits per heavy atom. The molecule has 1 aromatic rings. The molecule has 2 fully saturated rings. The number of hydrogen-bond acceptors (Lipinski definition) is 6. The second-order valence-electron chi connectivity index (χ2n) is 7.64. The number of hydrogen-bond donors (Lipinski definition) is 2. The number of nitrogens with zero attached hydrogens (tertiary/aromatic N) is 4. The van der Waals surface area contributed by atoms with E-state index < -0.39 is 0 Å². The average Bonchev–Trinajstić information content (AvgIpc) is 2.70. The largest absolute Gasteiger partial charge is 0.354 e. The van der Waals surface area contributed by atoms with E-state index in [1.165, 1.54) is 12.8 Å². The third kappa shape index (κ3) is 5.38. The van der Waals surface area contributed by atoms with E-state index in [1.807, 2.05) is 6.07 Å². The molecule has 0 aromatic carbocycles. The van der Waals surface area contributed by atoms with Gasteiger partial charge in [-0.15, -0.1) is 10.2 Å². The second kappa shape index (κ2) is 9.12. The summed E-state index contributed by atoms with van der Waals surface area (Å²) in [7, 11) is 1.57. The summed E-state index contributed by atoms with van der Waals surface area (Å²) in [5, 5.41) is 13.9. The molecule has 2 heterocycles. The SMILES string of the molecule is CNC(=O)c1ccc(N2CCN(CC(=O)NC3CCC(C)CC3)CC2)nn1. The molecule has 1 aliphatic carbocycles. The van der Waals surface area contributed by atoms with Crippen molar-refractivity contribution in [1.29, 1.82) is 0 Å². The molecule has 0 spiro atoms. The van der Waals surface area contributed by atoms with E-state index in [9.17, 15) is 9.59 Å². The summed E-state index contributed by atoms with van der Waals surface area (Å²) in [5.74, 6) is 1.46. The van der Waals surface area contributed by atoms with E-state index in [0.717, 1.165) is 50.8 Å². The smallest absolute Gasteiger partial charge is 0.271 e. The summed E-state index contributed by atoms with van der Waals surface area (Å²) < 4.78 is 0. The van der Waals surface area contributed by atoms with Crippen LogP contribution in [0.3, 0.4) is 0 Å². The molecule has 0 bridgehead atoms. The molecule has 0 unspecified atom stereocenters. The Morgan fingerprint density at radius 1 is 1.07 bits per heavy atom. The van der Waals surface area contributed by atoms with Crippen molar-refractivity contribution in [2.45, 2.75) is 38.6 Å². The first-order valence-electron chi connectivity index (χ1n) is 9.87. The van der Waals surface area contributed by atoms with E-state index >= 15 is 0 Å². The van der Waals surface area contributed by atoms with Crippen molar-refractivity contribution >= 4 is 17.6 Å². The molecule has 8 heteroatoms. The normalized spacial score (nSPS) is 23.7. The van der Waals surface area contributed by atoms with Crippen molar-refractivity contribution in [1.82, 2.24) is 25.7 Å². The van der Waals surface area contributed by atoms with Gasteiger partial charge in [0.25, 0.3) is 5.91 Å². The zero-order valence-electron chi connectivity index (χ0n) is 16.3. The average molecular weight is 374 g/mol. The summed E-state index contributed by atoms with van der Waals surface area (Å²) in [6.07, 6.45) is 4.63. The number of rotatable bonds is 5. The lowest BCUT2D eigenvalue weighted by Crippen LogP contribution is -2.51. The summed E-state index contributed by atoms with van der Waals surface area (Å²) in [6.45, 7) is 5.96. The molecule has 27 heavy (non-hydrogen) atoms. The van der Waals surface area contributed by atoms with Gasteiger partial charge in [-0.05, 0) is 43.7 Å². The van der Waals surface area contributed by atoms with E-state index in [2.05, 4.69) is 37.6 Å². The van der Waals surface area contributed by atoms with Gasteiger partial charge in [-0.25, -0.2) is 0 Å². The number of nitrogens with one attached hydrogen (secondary N) is 2. The number of aromatic nitrogens is 2. The van der Waals surface area contributed by atoms with Crippen LogP contribution >= 0.6 is 0 Å². The summed E-state index contributed by atoms with van der Waals surface area (Å²) in [6, 6.07) is 3.86. The molecule has 8 nitrogen and oxygen atoms in total. The highest BCUT2D eigenvalue weighted by atomic mass is 16.2. The van der Waals surface area contributed by atoms with Crippen LogP contribution in [0.5, 0.6) is 0 Å². The van der Waals surface area contributed by atoms with Crippen molar-refractivity contribution < 1.29 is 9.59 Å². The van der Waals surface area contributed by atoms with E-state index in [-0.39, 0.29) is 11.8 Å². The van der Waals surface area contributed by atoms with Crippen molar-refractivity contribution in [2.24, 2.45) is 5.92 Å². The van der Waals surface area contributed by atoms with Crippen LogP contribution in [0.15, 0.2) is 12.1 Å². The van der Waals surface area contributed by atoms with Gasteiger partial charge < -0.3 is 15.5 Å². The first-order valence-corrected chi connectivity index (χ1v) is 9.87. The molecule has 2 aliphatic rings. The van der Waals surface area contributed by atoms with Gasteiger partial charge in [-0.1, -0.05) is 6.92 Å². The second-order valence-corrected chi connectivity index (χ2v) is 7.64. The first-order chi connectivity index (χ1) is 13.0. The summed E-state index contributed by atoms with van der Waals surface area (Å²) in [5.41, 5.74) is 0.314. The number of amides is 2. The van der Waals surface area contributed by atoms with Crippen molar-refractivity contribution in [3.63, 3.8) is 0 Å². The molecule has 0 atom stereocenters. The molecule has 3 rings (SSSR count). The van der Waals surface area contributed by atoms with Gasteiger partial charge in [-0.2, -0.15) is 0 Å². The number of anilines is 1. The van der Waals surface area contributed by atoms with Crippen LogP contribution in [-0.2, 0) is 4.79 Å². The molecule has 1 saturated carbocycles. The molecule has 148 valence electrons. The van der Waals surface area contributed by atoms with Crippen LogP contribution in [0.2, 0.25) is 0 Å². The first kappa shape index (κ1) is 19.5. The van der Waals surface area contributed by atoms with Crippen LogP contribution in [0.1, 0.15) is 43.1 Å². The lowest BCUT2D eigenvalue weighted by molar-refractivity contribution is -0.123. The van der Waals surface area contributed by atoms with Crippen molar-refractivity contribution in [3.05, 3.63) is 17.8 Å². The van der Waals surface area contributed by atoms with Gasteiger partial charge in [-0.3, -0.25) is 14.5 Å². The Hall–Kier alpha value is -2.22. The monoisotopic (exact) mass is 374 g/mol. The highest BCUT2D eigenvalue weighted by Crippen LogP contribution is 2.23. The van der Waals surface area contributed by atoms with Crippen LogP contribution in [0, 0.1) is 5.92 Å². The topological polar surface area (TPSA) is 90.5 Å². The highest BCUT2D eigenvalue weighted by Gasteiger charge is 2.23. The zero-order chi connectivity index (χ0) is 19.2. The summed E-state index contributed by atoms with van der Waals surface area (Å²) in [4.78, 5) is 28.2. The van der Waals surface area contributed by atoms with Crippen LogP contribution in [-0.4, -0.2) is 72.7 Å². The molecule has 1 saturated heterocycles.